The van der Waals surface area contributed by atoms with Crippen LogP contribution in [0.1, 0.15) is 6.92 Å². The van der Waals surface area contributed by atoms with Crippen molar-refractivity contribution in [2.24, 2.45) is 0 Å². The van der Waals surface area contributed by atoms with Gasteiger partial charge in [0, 0.05) is 0 Å². The molecule has 0 aliphatic carbocycles. The highest BCUT2D eigenvalue weighted by Gasteiger charge is 2.72. The van der Waals surface area contributed by atoms with Crippen molar-refractivity contribution < 1.29 is 53.0 Å². The maximum absolute atomic E-state index is 13.4. The first-order valence-electron chi connectivity index (χ1n) is 5.42. The first-order chi connectivity index (χ1) is 9.71. The highest BCUT2D eigenvalue weighted by Crippen LogP contribution is 2.47. The Kier molecular flexibility index (Phi) is 6.46. The number of hydrogen-bond acceptors (Lipinski definition) is 2. The van der Waals surface area contributed by atoms with Gasteiger partial charge in [-0.2, -0.15) is 35.1 Å². The summed E-state index contributed by atoms with van der Waals surface area (Å²) in [6.07, 6.45) is -10.8. The lowest BCUT2D eigenvalue weighted by Gasteiger charge is -2.41. The summed E-state index contributed by atoms with van der Waals surface area (Å²) in [6, 6.07) is -12.2. The molecule has 0 heterocycles. The van der Waals surface area contributed by atoms with E-state index in [0.29, 0.717) is 6.92 Å². The molecule has 0 saturated carbocycles. The molecule has 0 aliphatic rings. The second-order valence-corrected chi connectivity index (χ2v) is 3.89. The van der Waals surface area contributed by atoms with E-state index >= 15 is 0 Å². The van der Waals surface area contributed by atoms with Crippen LogP contribution in [0.2, 0.25) is 0 Å². The SMILES string of the molecule is CCOC(F)(F)C(F)(F)N(C(F)C(F)(F)CF)C(F)(F)CF. The Morgan fingerprint density at radius 3 is 1.68 bits per heavy atom. The molecule has 0 radical (unpaired) electrons. The summed E-state index contributed by atoms with van der Waals surface area (Å²) in [5.41, 5.74) is 0. The Balaban J connectivity index is 6.00. The molecule has 0 spiro atoms. The van der Waals surface area contributed by atoms with Gasteiger partial charge in [-0.05, 0) is 6.92 Å². The Morgan fingerprint density at radius 1 is 0.909 bits per heavy atom. The molecule has 0 N–H and O–H groups in total. The van der Waals surface area contributed by atoms with E-state index < -0.39 is 55.3 Å². The normalized spacial score (nSPS) is 16.2. The molecule has 0 saturated heterocycles. The molecule has 134 valence electrons. The van der Waals surface area contributed by atoms with E-state index in [1.165, 1.54) is 0 Å². The zero-order valence-corrected chi connectivity index (χ0v) is 10.7. The zero-order valence-electron chi connectivity index (χ0n) is 10.7. The van der Waals surface area contributed by atoms with Crippen LogP contribution in [0.3, 0.4) is 0 Å². The summed E-state index contributed by atoms with van der Waals surface area (Å²) in [6.45, 7) is -6.77. The first-order valence-corrected chi connectivity index (χ1v) is 5.42. The van der Waals surface area contributed by atoms with Gasteiger partial charge in [0.05, 0.1) is 6.61 Å². The smallest absolute Gasteiger partial charge is 0.315 e. The second kappa shape index (κ2) is 6.72. The number of halogens is 11. The molecule has 0 fully saturated rings. The Morgan fingerprint density at radius 2 is 1.36 bits per heavy atom. The molecule has 0 aromatic carbocycles. The van der Waals surface area contributed by atoms with Crippen LogP contribution < -0.4 is 0 Å². The molecule has 13 heteroatoms. The van der Waals surface area contributed by atoms with Gasteiger partial charge in [0.25, 0.3) is 0 Å². The first kappa shape index (κ1) is 21.1. The van der Waals surface area contributed by atoms with Crippen molar-refractivity contribution in [2.45, 2.75) is 37.3 Å². The van der Waals surface area contributed by atoms with Gasteiger partial charge in [-0.25, -0.2) is 13.2 Å². The molecule has 2 nitrogen and oxygen atoms in total. The van der Waals surface area contributed by atoms with Gasteiger partial charge < -0.3 is 4.74 Å². The van der Waals surface area contributed by atoms with Crippen LogP contribution in [0.15, 0.2) is 0 Å². The third-order valence-corrected chi connectivity index (χ3v) is 2.24. The van der Waals surface area contributed by atoms with Crippen molar-refractivity contribution in [3.8, 4) is 0 Å². The largest absolute Gasteiger partial charge is 0.435 e. The summed E-state index contributed by atoms with van der Waals surface area (Å²) >= 11 is 0. The number of rotatable bonds is 9. The van der Waals surface area contributed by atoms with Crippen LogP contribution in [0.25, 0.3) is 0 Å². The van der Waals surface area contributed by atoms with Crippen LogP contribution in [0.5, 0.6) is 0 Å². The van der Waals surface area contributed by atoms with E-state index in [1.807, 2.05) is 0 Å². The molecule has 0 rings (SSSR count). The van der Waals surface area contributed by atoms with Gasteiger partial charge in [0.1, 0.15) is 0 Å². The van der Waals surface area contributed by atoms with Crippen molar-refractivity contribution in [3.05, 3.63) is 0 Å². The Bertz CT molecular complexity index is 361. The van der Waals surface area contributed by atoms with Crippen LogP contribution >= 0.6 is 0 Å². The fraction of sp³-hybridized carbons (Fsp3) is 1.00. The van der Waals surface area contributed by atoms with Gasteiger partial charge in [-0.15, -0.1) is 4.90 Å². The van der Waals surface area contributed by atoms with Crippen molar-refractivity contribution in [3.63, 3.8) is 0 Å². The predicted octanol–water partition coefficient (Wildman–Crippen LogP) is 3.97. The number of ether oxygens (including phenoxy) is 1. The van der Waals surface area contributed by atoms with Crippen molar-refractivity contribution in [2.75, 3.05) is 20.0 Å². The lowest BCUT2D eigenvalue weighted by Crippen LogP contribution is -2.68. The van der Waals surface area contributed by atoms with Crippen LogP contribution in [0, 0.1) is 0 Å². The maximum atomic E-state index is 13.4. The molecular weight excluding hydrogens is 347 g/mol. The van der Waals surface area contributed by atoms with Gasteiger partial charge in [0.15, 0.2) is 13.3 Å². The third-order valence-electron chi connectivity index (χ3n) is 2.24. The van der Waals surface area contributed by atoms with E-state index in [-0.39, 0.29) is 0 Å². The van der Waals surface area contributed by atoms with E-state index in [1.54, 1.807) is 0 Å². The van der Waals surface area contributed by atoms with Gasteiger partial charge >= 0.3 is 24.1 Å². The van der Waals surface area contributed by atoms with E-state index in [9.17, 15) is 48.3 Å². The number of alkyl halides is 11. The highest BCUT2D eigenvalue weighted by molar-refractivity contribution is 4.90. The van der Waals surface area contributed by atoms with Gasteiger partial charge in [-0.3, -0.25) is 0 Å². The lowest BCUT2D eigenvalue weighted by atomic mass is 10.2. The average molecular weight is 357 g/mol. The molecule has 0 aromatic heterocycles. The summed E-state index contributed by atoms with van der Waals surface area (Å²) in [4.78, 5) is -2.73. The second-order valence-electron chi connectivity index (χ2n) is 3.89. The molecule has 1 atom stereocenters. The monoisotopic (exact) mass is 357 g/mol. The van der Waals surface area contributed by atoms with E-state index in [4.69, 9.17) is 0 Å². The molecule has 0 amide bonds. The summed E-state index contributed by atoms with van der Waals surface area (Å²) in [7, 11) is 0. The van der Waals surface area contributed by atoms with Gasteiger partial charge in [-0.1, -0.05) is 0 Å². The minimum atomic E-state index is -6.41. The number of hydrogen-bond donors (Lipinski definition) is 0. The quantitative estimate of drug-likeness (QED) is 0.457. The zero-order chi connectivity index (χ0) is 18.0. The Hall–Kier alpha value is -0.850. The van der Waals surface area contributed by atoms with Crippen molar-refractivity contribution >= 4 is 0 Å². The fourth-order valence-corrected chi connectivity index (χ4v) is 1.24. The summed E-state index contributed by atoms with van der Waals surface area (Å²) < 4.78 is 144. The van der Waals surface area contributed by atoms with Gasteiger partial charge in [0.2, 0.25) is 6.30 Å². The van der Waals surface area contributed by atoms with E-state index in [0.717, 1.165) is 0 Å². The molecule has 1 unspecified atom stereocenters. The molecule has 0 aromatic rings. The average Bonchev–Trinajstić information content (AvgIpc) is 2.37. The summed E-state index contributed by atoms with van der Waals surface area (Å²) in [5.74, 6) is -5.52. The fourth-order valence-electron chi connectivity index (χ4n) is 1.24. The predicted molar refractivity (Wildman–Crippen MR) is 50.1 cm³/mol. The summed E-state index contributed by atoms with van der Waals surface area (Å²) in [5, 5.41) is 0. The molecular formula is C9H10F11NO. The highest BCUT2D eigenvalue weighted by atomic mass is 19.3. The van der Waals surface area contributed by atoms with Crippen LogP contribution in [-0.2, 0) is 4.74 Å². The molecule has 0 bridgehead atoms. The van der Waals surface area contributed by atoms with E-state index in [2.05, 4.69) is 4.74 Å². The molecule has 0 aliphatic heterocycles. The lowest BCUT2D eigenvalue weighted by molar-refractivity contribution is -0.443. The number of nitrogens with zero attached hydrogens (tertiary/aromatic N) is 1. The minimum Gasteiger partial charge on any atom is -0.315 e. The topological polar surface area (TPSA) is 12.5 Å². The third kappa shape index (κ3) is 3.91. The molecule has 22 heavy (non-hydrogen) atoms. The minimum absolute atomic E-state index is 0.713. The standard InChI is InChI=1S/C9H10F11NO/c1-2-22-9(19,20)8(17,18)21(7(15,16)4-11)5(12)6(13,14)3-10/h5H,2-4H2,1H3. The Labute approximate surface area is 116 Å². The van der Waals surface area contributed by atoms with Crippen molar-refractivity contribution in [1.29, 1.82) is 0 Å². The maximum Gasteiger partial charge on any atom is 0.435 e. The van der Waals surface area contributed by atoms with Crippen molar-refractivity contribution in [1.82, 2.24) is 4.90 Å². The van der Waals surface area contributed by atoms with Crippen LogP contribution in [0.4, 0.5) is 48.3 Å². The van der Waals surface area contributed by atoms with Crippen LogP contribution in [-0.4, -0.2) is 55.3 Å².